The summed E-state index contributed by atoms with van der Waals surface area (Å²) in [6, 6.07) is 9.34. The lowest BCUT2D eigenvalue weighted by Crippen LogP contribution is -2.53. The summed E-state index contributed by atoms with van der Waals surface area (Å²) >= 11 is 1.55. The van der Waals surface area contributed by atoms with E-state index in [9.17, 15) is 4.79 Å². The highest BCUT2D eigenvalue weighted by Crippen LogP contribution is 2.22. The molecule has 1 N–H and O–H groups in total. The molecule has 1 aromatic rings. The van der Waals surface area contributed by atoms with Gasteiger partial charge in [-0.1, -0.05) is 12.1 Å². The van der Waals surface area contributed by atoms with E-state index in [1.807, 2.05) is 30.5 Å². The first kappa shape index (κ1) is 12.9. The van der Waals surface area contributed by atoms with Gasteiger partial charge >= 0.3 is 0 Å². The van der Waals surface area contributed by atoms with Crippen LogP contribution in [0.15, 0.2) is 29.2 Å². The number of hydrogen-bond donors (Lipinski definition) is 1. The predicted molar refractivity (Wildman–Crippen MR) is 71.5 cm³/mol. The molecule has 0 saturated carbocycles. The van der Waals surface area contributed by atoms with Crippen LogP contribution in [-0.4, -0.2) is 42.7 Å². The van der Waals surface area contributed by atoms with Gasteiger partial charge in [-0.15, -0.1) is 11.8 Å². The minimum atomic E-state index is -0.374. The fourth-order valence-corrected chi connectivity index (χ4v) is 2.63. The zero-order chi connectivity index (χ0) is 13.0. The molecule has 1 amide bonds. The van der Waals surface area contributed by atoms with Crippen LogP contribution >= 0.6 is 11.8 Å². The zero-order valence-corrected chi connectivity index (χ0v) is 11.0. The van der Waals surface area contributed by atoms with Crippen LogP contribution in [0.4, 0.5) is 0 Å². The number of benzene rings is 1. The number of nitrogens with zero attached hydrogens (tertiary/aromatic N) is 2. The fourth-order valence-electron chi connectivity index (χ4n) is 2.04. The van der Waals surface area contributed by atoms with Gasteiger partial charge in [-0.05, 0) is 18.4 Å². The second kappa shape index (κ2) is 5.89. The third kappa shape index (κ3) is 2.50. The quantitative estimate of drug-likeness (QED) is 0.816. The summed E-state index contributed by atoms with van der Waals surface area (Å²) in [5.41, 5.74) is 0.687. The lowest BCUT2D eigenvalue weighted by Gasteiger charge is -2.32. The number of nitriles is 1. The van der Waals surface area contributed by atoms with E-state index in [1.54, 1.807) is 16.7 Å². The third-order valence-corrected chi connectivity index (χ3v) is 3.79. The Kier molecular flexibility index (Phi) is 4.24. The Bertz CT molecular complexity index is 483. The van der Waals surface area contributed by atoms with Crippen molar-refractivity contribution >= 4 is 17.7 Å². The zero-order valence-electron chi connectivity index (χ0n) is 10.2. The van der Waals surface area contributed by atoms with Gasteiger partial charge in [0, 0.05) is 24.5 Å². The number of amides is 1. The van der Waals surface area contributed by atoms with Crippen molar-refractivity contribution in [3.8, 4) is 6.07 Å². The van der Waals surface area contributed by atoms with Crippen molar-refractivity contribution in [2.45, 2.75) is 10.9 Å². The van der Waals surface area contributed by atoms with E-state index >= 15 is 0 Å². The number of piperazine rings is 1. The van der Waals surface area contributed by atoms with Crippen LogP contribution in [0.1, 0.15) is 10.4 Å². The molecular formula is C13H15N3OS. The van der Waals surface area contributed by atoms with Crippen LogP contribution < -0.4 is 5.32 Å². The van der Waals surface area contributed by atoms with E-state index in [0.29, 0.717) is 18.7 Å². The molecule has 1 atom stereocenters. The standard InChI is InChI=1S/C13H15N3OS/c1-18-12-5-3-2-4-11(12)13(17)16-7-6-15-9-10(16)8-14/h2-5,10,15H,6-7,9H2,1H3. The fraction of sp³-hybridized carbons (Fsp3) is 0.385. The summed E-state index contributed by atoms with van der Waals surface area (Å²) in [5.74, 6) is -0.0481. The summed E-state index contributed by atoms with van der Waals surface area (Å²) in [6.45, 7) is 1.87. The van der Waals surface area contributed by atoms with Gasteiger partial charge in [-0.25, -0.2) is 0 Å². The van der Waals surface area contributed by atoms with Crippen molar-refractivity contribution in [2.75, 3.05) is 25.9 Å². The minimum absolute atomic E-state index is 0.0481. The maximum atomic E-state index is 12.5. The van der Waals surface area contributed by atoms with Crippen molar-refractivity contribution in [1.82, 2.24) is 10.2 Å². The summed E-state index contributed by atoms with van der Waals surface area (Å²) in [5, 5.41) is 12.2. The maximum absolute atomic E-state index is 12.5. The first-order valence-electron chi connectivity index (χ1n) is 5.82. The van der Waals surface area contributed by atoms with Gasteiger partial charge in [0.25, 0.3) is 5.91 Å². The maximum Gasteiger partial charge on any atom is 0.256 e. The molecule has 0 radical (unpaired) electrons. The number of thioether (sulfide) groups is 1. The van der Waals surface area contributed by atoms with Gasteiger partial charge in [-0.3, -0.25) is 4.79 Å². The summed E-state index contributed by atoms with van der Waals surface area (Å²) in [6.07, 6.45) is 1.95. The van der Waals surface area contributed by atoms with E-state index in [4.69, 9.17) is 5.26 Å². The normalized spacial score (nSPS) is 19.3. The van der Waals surface area contributed by atoms with E-state index in [2.05, 4.69) is 11.4 Å². The molecule has 0 aromatic heterocycles. The van der Waals surface area contributed by atoms with Crippen LogP contribution in [0.5, 0.6) is 0 Å². The molecule has 1 heterocycles. The molecule has 0 aliphatic carbocycles. The molecule has 1 fully saturated rings. The number of rotatable bonds is 2. The molecule has 5 heteroatoms. The molecule has 0 bridgehead atoms. The van der Waals surface area contributed by atoms with Crippen LogP contribution in [0.25, 0.3) is 0 Å². The molecule has 1 aliphatic heterocycles. The molecular weight excluding hydrogens is 246 g/mol. The Morgan fingerprint density at radius 2 is 2.33 bits per heavy atom. The first-order chi connectivity index (χ1) is 8.77. The summed E-state index contributed by atoms with van der Waals surface area (Å²) in [4.78, 5) is 15.1. The van der Waals surface area contributed by atoms with Crippen molar-refractivity contribution in [3.05, 3.63) is 29.8 Å². The Balaban J connectivity index is 2.27. The number of nitrogens with one attached hydrogen (secondary N) is 1. The molecule has 4 nitrogen and oxygen atoms in total. The van der Waals surface area contributed by atoms with Gasteiger partial charge in [0.2, 0.25) is 0 Å². The van der Waals surface area contributed by atoms with Crippen molar-refractivity contribution in [3.63, 3.8) is 0 Å². The molecule has 1 unspecified atom stereocenters. The Hall–Kier alpha value is -1.51. The summed E-state index contributed by atoms with van der Waals surface area (Å²) < 4.78 is 0. The Morgan fingerprint density at radius 3 is 3.06 bits per heavy atom. The largest absolute Gasteiger partial charge is 0.320 e. The van der Waals surface area contributed by atoms with Gasteiger partial charge in [0.1, 0.15) is 6.04 Å². The number of hydrogen-bond acceptors (Lipinski definition) is 4. The molecule has 18 heavy (non-hydrogen) atoms. The topological polar surface area (TPSA) is 56.1 Å². The predicted octanol–water partition coefficient (Wildman–Crippen LogP) is 1.35. The molecule has 2 rings (SSSR count). The minimum Gasteiger partial charge on any atom is -0.320 e. The van der Waals surface area contributed by atoms with Crippen LogP contribution in [0.3, 0.4) is 0 Å². The number of carbonyl (C=O) groups excluding carboxylic acids is 1. The molecule has 1 aliphatic rings. The van der Waals surface area contributed by atoms with E-state index in [-0.39, 0.29) is 11.9 Å². The lowest BCUT2D eigenvalue weighted by molar-refractivity contribution is 0.0683. The number of carbonyl (C=O) groups is 1. The average molecular weight is 261 g/mol. The van der Waals surface area contributed by atoms with Crippen LogP contribution in [0.2, 0.25) is 0 Å². The van der Waals surface area contributed by atoms with E-state index in [0.717, 1.165) is 11.4 Å². The highest BCUT2D eigenvalue weighted by atomic mass is 32.2. The smallest absolute Gasteiger partial charge is 0.256 e. The van der Waals surface area contributed by atoms with Crippen molar-refractivity contribution in [2.24, 2.45) is 0 Å². The average Bonchev–Trinajstić information content (AvgIpc) is 2.46. The Labute approximate surface area is 111 Å². The molecule has 0 spiro atoms. The second-order valence-corrected chi connectivity index (χ2v) is 4.90. The summed E-state index contributed by atoms with van der Waals surface area (Å²) in [7, 11) is 0. The van der Waals surface area contributed by atoms with Gasteiger partial charge in [0.05, 0.1) is 11.6 Å². The molecule has 1 saturated heterocycles. The third-order valence-electron chi connectivity index (χ3n) is 2.99. The van der Waals surface area contributed by atoms with Crippen LogP contribution in [0, 0.1) is 11.3 Å². The van der Waals surface area contributed by atoms with E-state index in [1.165, 1.54) is 0 Å². The Morgan fingerprint density at radius 1 is 1.56 bits per heavy atom. The molecule has 94 valence electrons. The lowest BCUT2D eigenvalue weighted by atomic mass is 10.1. The highest BCUT2D eigenvalue weighted by Gasteiger charge is 2.28. The SMILES string of the molecule is CSc1ccccc1C(=O)N1CCNCC1C#N. The molecule has 1 aromatic carbocycles. The highest BCUT2D eigenvalue weighted by molar-refractivity contribution is 7.98. The first-order valence-corrected chi connectivity index (χ1v) is 7.04. The van der Waals surface area contributed by atoms with Crippen molar-refractivity contribution < 1.29 is 4.79 Å². The van der Waals surface area contributed by atoms with E-state index < -0.39 is 0 Å². The van der Waals surface area contributed by atoms with Crippen LogP contribution in [-0.2, 0) is 0 Å². The van der Waals surface area contributed by atoms with Crippen molar-refractivity contribution in [1.29, 1.82) is 5.26 Å². The monoisotopic (exact) mass is 261 g/mol. The van der Waals surface area contributed by atoms with Gasteiger partial charge in [-0.2, -0.15) is 5.26 Å². The van der Waals surface area contributed by atoms with Gasteiger partial charge in [0.15, 0.2) is 0 Å². The second-order valence-electron chi connectivity index (χ2n) is 4.05. The van der Waals surface area contributed by atoms with Gasteiger partial charge < -0.3 is 10.2 Å².